The van der Waals surface area contributed by atoms with Crippen LogP contribution in [0.5, 0.6) is 0 Å². The second kappa shape index (κ2) is 4.48. The van der Waals surface area contributed by atoms with Gasteiger partial charge in [0.15, 0.2) is 0 Å². The summed E-state index contributed by atoms with van der Waals surface area (Å²) in [5.41, 5.74) is -1.30. The van der Waals surface area contributed by atoms with Gasteiger partial charge < -0.3 is 4.74 Å². The molecule has 1 rings (SSSR count). The summed E-state index contributed by atoms with van der Waals surface area (Å²) in [5.74, 6) is -1.38. The smallest absolute Gasteiger partial charge is 0.423 e. The number of hydrogen-bond donors (Lipinski definition) is 0. The molecule has 0 amide bonds. The first-order valence-electron chi connectivity index (χ1n) is 3.86. The Kier molecular flexibility index (Phi) is 3.52. The molecule has 0 atom stereocenters. The van der Waals surface area contributed by atoms with E-state index in [4.69, 9.17) is 0 Å². The van der Waals surface area contributed by atoms with Gasteiger partial charge in [0.1, 0.15) is 5.57 Å². The van der Waals surface area contributed by atoms with Crippen LogP contribution < -0.4 is 0 Å². The lowest BCUT2D eigenvalue weighted by atomic mass is 10.2. The highest BCUT2D eigenvalue weighted by molar-refractivity contribution is 7.10. The van der Waals surface area contributed by atoms with E-state index in [1.165, 1.54) is 6.07 Å². The Labute approximate surface area is 88.0 Å². The van der Waals surface area contributed by atoms with Gasteiger partial charge in [0.05, 0.1) is 7.11 Å². The summed E-state index contributed by atoms with van der Waals surface area (Å²) in [6.45, 7) is 0. The maximum absolute atomic E-state index is 12.4. The molecule has 0 spiro atoms. The predicted molar refractivity (Wildman–Crippen MR) is 50.4 cm³/mol. The van der Waals surface area contributed by atoms with Crippen LogP contribution in [0.1, 0.15) is 4.88 Å². The maximum Gasteiger partial charge on any atom is 0.423 e. The van der Waals surface area contributed by atoms with E-state index < -0.39 is 17.7 Å². The Hall–Kier alpha value is -1.30. The van der Waals surface area contributed by atoms with E-state index in [-0.39, 0.29) is 0 Å². The molecule has 0 aromatic carbocycles. The Morgan fingerprint density at radius 2 is 2.20 bits per heavy atom. The molecule has 0 fully saturated rings. The Morgan fingerprint density at radius 3 is 2.60 bits per heavy atom. The summed E-state index contributed by atoms with van der Waals surface area (Å²) in [7, 11) is 0.913. The van der Waals surface area contributed by atoms with Gasteiger partial charge in [-0.05, 0) is 17.5 Å². The molecular weight excluding hydrogens is 229 g/mol. The van der Waals surface area contributed by atoms with Gasteiger partial charge in [-0.15, -0.1) is 11.3 Å². The second-order valence-corrected chi connectivity index (χ2v) is 3.54. The first-order valence-corrected chi connectivity index (χ1v) is 4.74. The van der Waals surface area contributed by atoms with Crippen LogP contribution in [-0.4, -0.2) is 19.3 Å². The van der Waals surface area contributed by atoms with E-state index in [1.54, 1.807) is 11.4 Å². The summed E-state index contributed by atoms with van der Waals surface area (Å²) < 4.78 is 41.2. The lowest BCUT2D eigenvalue weighted by Gasteiger charge is -2.08. The monoisotopic (exact) mass is 236 g/mol. The number of carbonyl (C=O) groups is 1. The van der Waals surface area contributed by atoms with Gasteiger partial charge in [0.2, 0.25) is 0 Å². The average Bonchev–Trinajstić information content (AvgIpc) is 2.63. The minimum absolute atomic E-state index is 0.354. The zero-order chi connectivity index (χ0) is 11.5. The number of esters is 1. The third-order valence-electron chi connectivity index (χ3n) is 1.54. The molecule has 0 saturated heterocycles. The van der Waals surface area contributed by atoms with Crippen LogP contribution in [0.3, 0.4) is 0 Å². The fourth-order valence-corrected chi connectivity index (χ4v) is 1.54. The molecule has 2 nitrogen and oxygen atoms in total. The van der Waals surface area contributed by atoms with Gasteiger partial charge in [-0.2, -0.15) is 13.2 Å². The van der Waals surface area contributed by atoms with Crippen molar-refractivity contribution >= 4 is 23.4 Å². The maximum atomic E-state index is 12.4. The summed E-state index contributed by atoms with van der Waals surface area (Å²) in [6, 6.07) is 3.08. The summed E-state index contributed by atoms with van der Waals surface area (Å²) in [5, 5.41) is 1.62. The highest BCUT2D eigenvalue weighted by Crippen LogP contribution is 2.29. The number of hydrogen-bond acceptors (Lipinski definition) is 3. The third-order valence-corrected chi connectivity index (χ3v) is 2.36. The molecule has 0 radical (unpaired) electrons. The molecule has 0 saturated carbocycles. The van der Waals surface area contributed by atoms with Crippen molar-refractivity contribution < 1.29 is 22.7 Å². The number of carbonyl (C=O) groups excluding carboxylic acids is 1. The molecule has 15 heavy (non-hydrogen) atoms. The van der Waals surface area contributed by atoms with Crippen molar-refractivity contribution in [3.05, 3.63) is 28.0 Å². The number of halogens is 3. The molecular formula is C9H7F3O2S. The number of alkyl halides is 3. The zero-order valence-corrected chi connectivity index (χ0v) is 8.48. The molecule has 0 unspecified atom stereocenters. The van der Waals surface area contributed by atoms with Gasteiger partial charge in [-0.3, -0.25) is 0 Å². The third kappa shape index (κ3) is 3.09. The number of thiophene rings is 1. The van der Waals surface area contributed by atoms with Crippen molar-refractivity contribution in [3.63, 3.8) is 0 Å². The largest absolute Gasteiger partial charge is 0.465 e. The normalized spacial score (nSPS) is 12.7. The predicted octanol–water partition coefficient (Wildman–Crippen LogP) is 2.87. The molecule has 0 bridgehead atoms. The van der Waals surface area contributed by atoms with Gasteiger partial charge >= 0.3 is 12.1 Å². The van der Waals surface area contributed by atoms with Crippen LogP contribution in [-0.2, 0) is 9.53 Å². The van der Waals surface area contributed by atoms with Crippen LogP contribution in [0.2, 0.25) is 0 Å². The van der Waals surface area contributed by atoms with E-state index in [9.17, 15) is 18.0 Å². The molecule has 6 heteroatoms. The van der Waals surface area contributed by atoms with Crippen LogP contribution in [0.25, 0.3) is 6.08 Å². The van der Waals surface area contributed by atoms with Gasteiger partial charge in [-0.1, -0.05) is 6.07 Å². The Morgan fingerprint density at radius 1 is 1.53 bits per heavy atom. The van der Waals surface area contributed by atoms with Crippen LogP contribution in [0, 0.1) is 0 Å². The molecule has 1 aromatic rings. The fraction of sp³-hybridized carbons (Fsp3) is 0.222. The minimum Gasteiger partial charge on any atom is -0.465 e. The molecule has 0 aliphatic carbocycles. The van der Waals surface area contributed by atoms with Gasteiger partial charge in [0.25, 0.3) is 0 Å². The van der Waals surface area contributed by atoms with Crippen LogP contribution in [0.15, 0.2) is 23.1 Å². The van der Waals surface area contributed by atoms with Crippen molar-refractivity contribution in [2.45, 2.75) is 6.18 Å². The minimum atomic E-state index is -4.70. The highest BCUT2D eigenvalue weighted by atomic mass is 32.1. The van der Waals surface area contributed by atoms with E-state index in [0.29, 0.717) is 4.88 Å². The van der Waals surface area contributed by atoms with Crippen molar-refractivity contribution in [1.29, 1.82) is 0 Å². The fourth-order valence-electron chi connectivity index (χ4n) is 0.882. The summed E-state index contributed by atoms with van der Waals surface area (Å²) in [6.07, 6.45) is -3.92. The quantitative estimate of drug-likeness (QED) is 0.583. The van der Waals surface area contributed by atoms with Crippen molar-refractivity contribution in [2.24, 2.45) is 0 Å². The van der Waals surface area contributed by atoms with Crippen LogP contribution >= 0.6 is 11.3 Å². The molecule has 1 aromatic heterocycles. The molecule has 0 aliphatic rings. The number of rotatable bonds is 2. The van der Waals surface area contributed by atoms with E-state index in [0.717, 1.165) is 24.5 Å². The van der Waals surface area contributed by atoms with Crippen molar-refractivity contribution in [3.8, 4) is 0 Å². The zero-order valence-electron chi connectivity index (χ0n) is 7.67. The van der Waals surface area contributed by atoms with E-state index >= 15 is 0 Å². The lowest BCUT2D eigenvalue weighted by molar-refractivity contribution is -0.147. The summed E-state index contributed by atoms with van der Waals surface area (Å²) in [4.78, 5) is 11.2. The van der Waals surface area contributed by atoms with Crippen molar-refractivity contribution in [1.82, 2.24) is 0 Å². The SMILES string of the molecule is COC(=O)C(=Cc1cccs1)C(F)(F)F. The van der Waals surface area contributed by atoms with Gasteiger partial charge in [0, 0.05) is 4.88 Å². The number of methoxy groups -OCH3 is 1. The highest BCUT2D eigenvalue weighted by Gasteiger charge is 2.39. The first kappa shape index (κ1) is 11.8. The molecule has 82 valence electrons. The number of ether oxygens (including phenoxy) is 1. The standard InChI is InChI=1S/C9H7F3O2S/c1-14-8(13)7(9(10,11)12)5-6-3-2-4-15-6/h2-5H,1H3. The lowest BCUT2D eigenvalue weighted by Crippen LogP contribution is -2.20. The Bertz CT molecular complexity index is 365. The molecule has 0 aliphatic heterocycles. The summed E-state index contributed by atoms with van der Waals surface area (Å²) >= 11 is 1.11. The molecule has 1 heterocycles. The van der Waals surface area contributed by atoms with E-state index in [1.807, 2.05) is 0 Å². The first-order chi connectivity index (χ1) is 6.95. The van der Waals surface area contributed by atoms with Gasteiger partial charge in [-0.25, -0.2) is 4.79 Å². The Balaban J connectivity index is 3.07. The van der Waals surface area contributed by atoms with Crippen LogP contribution in [0.4, 0.5) is 13.2 Å². The topological polar surface area (TPSA) is 26.3 Å². The average molecular weight is 236 g/mol. The van der Waals surface area contributed by atoms with Crippen molar-refractivity contribution in [2.75, 3.05) is 7.11 Å². The molecule has 0 N–H and O–H groups in total. The second-order valence-electron chi connectivity index (χ2n) is 2.56. The van der Waals surface area contributed by atoms with E-state index in [2.05, 4.69) is 4.74 Å².